The summed E-state index contributed by atoms with van der Waals surface area (Å²) < 4.78 is 24.0. The molecule has 2 aromatic rings. The van der Waals surface area contributed by atoms with Crippen LogP contribution in [0.5, 0.6) is 0 Å². The predicted molar refractivity (Wildman–Crippen MR) is 219 cm³/mol. The fourth-order valence-corrected chi connectivity index (χ4v) is 14.3. The number of allylic oxidation sites excluding steroid dienone is 1. The molecule has 12 atom stereocenters. The number of ether oxygens (including phenoxy) is 4. The molecule has 1 saturated carbocycles. The number of hydrogen-bond donors (Lipinski definition) is 3. The fraction of sp³-hybridized carbons (Fsp3) is 0.652. The smallest absolute Gasteiger partial charge is 0.344 e. The van der Waals surface area contributed by atoms with E-state index < -0.39 is 69.5 Å². The highest BCUT2D eigenvalue weighted by Crippen LogP contribution is 2.71. The van der Waals surface area contributed by atoms with E-state index in [-0.39, 0.29) is 12.0 Å². The molecule has 3 unspecified atom stereocenters. The highest BCUT2D eigenvalue weighted by Gasteiger charge is 2.82. The van der Waals surface area contributed by atoms with Gasteiger partial charge in [-0.2, -0.15) is 0 Å². The van der Waals surface area contributed by atoms with E-state index in [0.717, 1.165) is 40.7 Å². The monoisotopic (exact) mass is 828 g/mol. The number of nitrogens with zero attached hydrogens (tertiary/aromatic N) is 3. The van der Waals surface area contributed by atoms with Gasteiger partial charge in [0.25, 0.3) is 0 Å². The van der Waals surface area contributed by atoms with E-state index >= 15 is 4.79 Å². The molecule has 6 heterocycles. The highest BCUT2D eigenvalue weighted by molar-refractivity contribution is 5.92. The van der Waals surface area contributed by atoms with Crippen molar-refractivity contribution in [3.8, 4) is 0 Å². The van der Waals surface area contributed by atoms with Crippen LogP contribution < -0.4 is 0 Å². The number of rotatable bonds is 8. The minimum absolute atomic E-state index is 0.112. The van der Waals surface area contributed by atoms with E-state index in [0.29, 0.717) is 83.2 Å². The molecule has 1 aromatic heterocycles. The number of esters is 3. The number of piperidine rings is 2. The van der Waals surface area contributed by atoms with Gasteiger partial charge in [0, 0.05) is 78.8 Å². The van der Waals surface area contributed by atoms with Crippen molar-refractivity contribution >= 4 is 35.2 Å². The van der Waals surface area contributed by atoms with Gasteiger partial charge in [-0.1, -0.05) is 38.1 Å². The van der Waals surface area contributed by atoms with Gasteiger partial charge in [-0.05, 0) is 93.7 Å². The number of fused-ring (bicyclic) bond motifs is 6. The lowest BCUT2D eigenvalue weighted by atomic mass is 9.46. The number of aromatic amines is 1. The molecule has 324 valence electrons. The SMILES string of the molecule is CC[C@]1(O)C[C@@H]2CN(CCc3c([nH]c4ccccc34)[C@@](C(=O)OC)(C3C=C4C(=CC3OC)N(C=O)[C@H]3[C@@](O)(C(=O)OC)[C@H](OC(C)=O)[C@]5(CC)CCCN6CC[C@]43[C@@H]65)C2)C1. The second-order valence-corrected chi connectivity index (χ2v) is 18.8. The van der Waals surface area contributed by atoms with Gasteiger partial charge >= 0.3 is 17.9 Å². The summed E-state index contributed by atoms with van der Waals surface area (Å²) >= 11 is 0. The first-order valence-electron chi connectivity index (χ1n) is 21.8. The third kappa shape index (κ3) is 5.36. The first-order valence-corrected chi connectivity index (χ1v) is 21.8. The Labute approximate surface area is 351 Å². The summed E-state index contributed by atoms with van der Waals surface area (Å²) in [7, 11) is 4.21. The minimum atomic E-state index is -2.46. The normalized spacial score (nSPS) is 40.7. The van der Waals surface area contributed by atoms with Crippen LogP contribution in [0.1, 0.15) is 77.0 Å². The number of benzene rings is 1. The van der Waals surface area contributed by atoms with Gasteiger partial charge in [0.2, 0.25) is 12.0 Å². The van der Waals surface area contributed by atoms with Crippen LogP contribution in [0.4, 0.5) is 0 Å². The van der Waals surface area contributed by atoms with Gasteiger partial charge in [-0.15, -0.1) is 0 Å². The maximum Gasteiger partial charge on any atom is 0.344 e. The van der Waals surface area contributed by atoms with Crippen molar-refractivity contribution in [3.05, 3.63) is 58.9 Å². The summed E-state index contributed by atoms with van der Waals surface area (Å²) in [6.45, 7) is 8.60. The Morgan fingerprint density at radius 3 is 2.40 bits per heavy atom. The number of hydrogen-bond acceptors (Lipinski definition) is 12. The third-order valence-electron chi connectivity index (χ3n) is 16.3. The van der Waals surface area contributed by atoms with Crippen molar-refractivity contribution in [2.24, 2.45) is 22.7 Å². The van der Waals surface area contributed by atoms with E-state index in [2.05, 4.69) is 26.9 Å². The molecule has 3 N–H and O–H groups in total. The Morgan fingerprint density at radius 2 is 1.72 bits per heavy atom. The number of nitrogens with one attached hydrogen (secondary N) is 1. The van der Waals surface area contributed by atoms with Crippen LogP contribution in [0.15, 0.2) is 47.7 Å². The number of methoxy groups -OCH3 is 3. The Bertz CT molecular complexity index is 2170. The standard InChI is InChI=1S/C46H60N4O10/c1-7-42(55)22-28-23-45(40(53)58-5,36-30(14-18-48(24-28)25-42)29-12-9-10-13-33(29)47-36)32-20-31-34(21-35(32)57-4)50(26-51)38-44(31)16-19-49-17-11-15-43(8-2,37(44)49)39(60-27(3)52)46(38,56)41(54)59-6/h9-10,12-13,20-21,26,28,32,35,37-39,47,55-56H,7-8,11,14-19,22-25H2,1-6H3/t28-,32?,35?,37-,38+,39+,42-,43+,44+,45-,46-/m0/s1. The Hall–Kier alpha value is -4.08. The molecule has 1 aromatic carbocycles. The predicted octanol–water partition coefficient (Wildman–Crippen LogP) is 3.38. The molecule has 60 heavy (non-hydrogen) atoms. The van der Waals surface area contributed by atoms with Crippen LogP contribution >= 0.6 is 0 Å². The Morgan fingerprint density at radius 1 is 0.950 bits per heavy atom. The van der Waals surface area contributed by atoms with Crippen LogP contribution in [-0.4, -0.2) is 144 Å². The lowest BCUT2D eigenvalue weighted by molar-refractivity contribution is -0.257. The van der Waals surface area contributed by atoms with Crippen LogP contribution in [0, 0.1) is 22.7 Å². The average Bonchev–Trinajstić information content (AvgIpc) is 3.92. The van der Waals surface area contributed by atoms with Crippen molar-refractivity contribution in [1.82, 2.24) is 19.7 Å². The maximum atomic E-state index is 15.4. The van der Waals surface area contributed by atoms with Gasteiger partial charge in [-0.3, -0.25) is 24.2 Å². The van der Waals surface area contributed by atoms with E-state index in [1.807, 2.05) is 38.1 Å². The van der Waals surface area contributed by atoms with Gasteiger partial charge in [0.1, 0.15) is 5.41 Å². The van der Waals surface area contributed by atoms with E-state index in [9.17, 15) is 24.6 Å². The molecule has 1 spiro atoms. The van der Waals surface area contributed by atoms with Gasteiger partial charge in [-0.25, -0.2) is 4.79 Å². The number of H-pyrrole nitrogens is 1. The van der Waals surface area contributed by atoms with Gasteiger partial charge in [0.05, 0.1) is 32.0 Å². The zero-order valence-corrected chi connectivity index (χ0v) is 35.7. The molecular formula is C46H60N4O10. The molecule has 2 aliphatic carbocycles. The van der Waals surface area contributed by atoms with Crippen LogP contribution in [0.2, 0.25) is 0 Å². The summed E-state index contributed by atoms with van der Waals surface area (Å²) in [6.07, 6.45) is 6.84. The molecule has 1 amide bonds. The zero-order chi connectivity index (χ0) is 42.6. The molecule has 2 bridgehead atoms. The van der Waals surface area contributed by atoms with E-state index in [1.54, 1.807) is 7.11 Å². The summed E-state index contributed by atoms with van der Waals surface area (Å²) in [4.78, 5) is 66.5. The second-order valence-electron chi connectivity index (χ2n) is 18.8. The number of carbonyl (C=O) groups excluding carboxylic acids is 4. The minimum Gasteiger partial charge on any atom is -0.468 e. The number of para-hydroxylation sites is 1. The number of likely N-dealkylation sites (tertiary alicyclic amines) is 1. The number of aliphatic hydroxyl groups is 2. The summed E-state index contributed by atoms with van der Waals surface area (Å²) in [5.41, 5.74) is -2.84. The van der Waals surface area contributed by atoms with Crippen molar-refractivity contribution in [2.75, 3.05) is 54.1 Å². The van der Waals surface area contributed by atoms with Crippen LogP contribution in [-0.2, 0) is 50.0 Å². The molecule has 4 saturated heterocycles. The van der Waals surface area contributed by atoms with Gasteiger partial charge < -0.3 is 39.0 Å². The molecule has 0 radical (unpaired) electrons. The molecule has 14 heteroatoms. The Kier molecular flexibility index (Phi) is 9.98. The summed E-state index contributed by atoms with van der Waals surface area (Å²) in [5, 5.41) is 26.3. The average molecular weight is 829 g/mol. The lowest BCUT2D eigenvalue weighted by Crippen LogP contribution is -2.80. The van der Waals surface area contributed by atoms with Crippen molar-refractivity contribution < 1.29 is 48.3 Å². The van der Waals surface area contributed by atoms with E-state index in [1.165, 1.54) is 26.0 Å². The topological polar surface area (TPSA) is 171 Å². The van der Waals surface area contributed by atoms with E-state index in [4.69, 9.17) is 18.9 Å². The van der Waals surface area contributed by atoms with Crippen molar-refractivity contribution in [3.63, 3.8) is 0 Å². The molecule has 14 nitrogen and oxygen atoms in total. The molecular weight excluding hydrogens is 769 g/mol. The summed E-state index contributed by atoms with van der Waals surface area (Å²) in [6, 6.07) is 6.51. The summed E-state index contributed by atoms with van der Waals surface area (Å²) in [5.74, 6) is -2.88. The molecule has 5 fully saturated rings. The molecule has 7 aliphatic rings. The zero-order valence-electron chi connectivity index (χ0n) is 35.7. The first kappa shape index (κ1) is 41.3. The maximum absolute atomic E-state index is 15.4. The number of amides is 1. The largest absolute Gasteiger partial charge is 0.468 e. The van der Waals surface area contributed by atoms with Gasteiger partial charge in [0.15, 0.2) is 6.10 Å². The van der Waals surface area contributed by atoms with Crippen LogP contribution in [0.25, 0.3) is 10.9 Å². The Balaban J connectivity index is 1.34. The third-order valence-corrected chi connectivity index (χ3v) is 16.3. The van der Waals surface area contributed by atoms with Crippen molar-refractivity contribution in [1.29, 1.82) is 0 Å². The second kappa shape index (κ2) is 14.5. The highest BCUT2D eigenvalue weighted by atomic mass is 16.6. The number of aromatic nitrogens is 1. The van der Waals surface area contributed by atoms with Crippen LogP contribution in [0.3, 0.4) is 0 Å². The quantitative estimate of drug-likeness (QED) is 0.202. The molecule has 5 aliphatic heterocycles. The fourth-order valence-electron chi connectivity index (χ4n) is 14.3. The molecule has 9 rings (SSSR count). The lowest BCUT2D eigenvalue weighted by Gasteiger charge is -2.64. The first-order chi connectivity index (χ1) is 28.8. The van der Waals surface area contributed by atoms with Crippen molar-refractivity contribution in [2.45, 2.75) is 113 Å². The number of carbonyl (C=O) groups is 4.